The number of aliphatic hydroxyl groups is 1. The van der Waals surface area contributed by atoms with Crippen molar-refractivity contribution in [2.45, 2.75) is 38.3 Å². The van der Waals surface area contributed by atoms with Crippen LogP contribution in [0.2, 0.25) is 5.02 Å². The third kappa shape index (κ3) is 4.48. The summed E-state index contributed by atoms with van der Waals surface area (Å²) in [6.45, 7) is 1.67. The largest absolute Gasteiger partial charge is 0.493 e. The quantitative estimate of drug-likeness (QED) is 0.713. The molecule has 3 nitrogen and oxygen atoms in total. The standard InChI is InChI=1S/C14H20ClNO2/c15-12-3-6-14(18-8-2-1-7-17)11(9-12)10-16-13-4-5-13/h3,6,9,13,16-17H,1-2,4-5,7-8,10H2. The van der Waals surface area contributed by atoms with Gasteiger partial charge in [-0.05, 0) is 43.9 Å². The molecular weight excluding hydrogens is 250 g/mol. The van der Waals surface area contributed by atoms with E-state index in [0.717, 1.165) is 35.7 Å². The summed E-state index contributed by atoms with van der Waals surface area (Å²) in [5.41, 5.74) is 1.11. The van der Waals surface area contributed by atoms with Crippen LogP contribution in [0.25, 0.3) is 0 Å². The summed E-state index contributed by atoms with van der Waals surface area (Å²) in [5.74, 6) is 0.894. The highest BCUT2D eigenvalue weighted by Crippen LogP contribution is 2.25. The molecule has 0 heterocycles. The lowest BCUT2D eigenvalue weighted by molar-refractivity contribution is 0.252. The van der Waals surface area contributed by atoms with Gasteiger partial charge in [-0.3, -0.25) is 0 Å². The Hall–Kier alpha value is -0.770. The highest BCUT2D eigenvalue weighted by molar-refractivity contribution is 6.30. The van der Waals surface area contributed by atoms with Crippen molar-refractivity contribution in [1.29, 1.82) is 0 Å². The molecule has 1 aromatic carbocycles. The van der Waals surface area contributed by atoms with Crippen molar-refractivity contribution in [2.24, 2.45) is 0 Å². The second-order valence-corrected chi connectivity index (χ2v) is 5.12. The normalized spacial score (nSPS) is 14.8. The molecule has 0 saturated heterocycles. The fraction of sp³-hybridized carbons (Fsp3) is 0.571. The van der Waals surface area contributed by atoms with Crippen molar-refractivity contribution in [3.05, 3.63) is 28.8 Å². The first-order chi connectivity index (χ1) is 8.79. The van der Waals surface area contributed by atoms with Gasteiger partial charge in [-0.1, -0.05) is 11.6 Å². The minimum absolute atomic E-state index is 0.222. The van der Waals surface area contributed by atoms with E-state index in [1.54, 1.807) is 0 Å². The zero-order valence-electron chi connectivity index (χ0n) is 10.5. The molecule has 0 radical (unpaired) electrons. The number of nitrogens with one attached hydrogen (secondary N) is 1. The number of ether oxygens (including phenoxy) is 1. The number of halogens is 1. The Morgan fingerprint density at radius 3 is 2.89 bits per heavy atom. The zero-order chi connectivity index (χ0) is 12.8. The maximum absolute atomic E-state index is 8.72. The van der Waals surface area contributed by atoms with Gasteiger partial charge >= 0.3 is 0 Å². The first-order valence-corrected chi connectivity index (χ1v) is 6.93. The lowest BCUT2D eigenvalue weighted by Gasteiger charge is -2.12. The van der Waals surface area contributed by atoms with Gasteiger partial charge in [-0.2, -0.15) is 0 Å². The summed E-state index contributed by atoms with van der Waals surface area (Å²) in [6, 6.07) is 6.40. The second kappa shape index (κ2) is 6.98. The van der Waals surface area contributed by atoms with Crippen LogP contribution in [-0.2, 0) is 6.54 Å². The fourth-order valence-electron chi connectivity index (χ4n) is 1.76. The predicted octanol–water partition coefficient (Wildman–Crippen LogP) is 2.74. The van der Waals surface area contributed by atoms with E-state index in [1.165, 1.54) is 12.8 Å². The van der Waals surface area contributed by atoms with Crippen LogP contribution in [0, 0.1) is 0 Å². The molecule has 100 valence electrons. The second-order valence-electron chi connectivity index (χ2n) is 4.69. The molecule has 1 aromatic rings. The first kappa shape index (κ1) is 13.7. The van der Waals surface area contributed by atoms with Crippen LogP contribution in [0.5, 0.6) is 5.75 Å². The minimum atomic E-state index is 0.222. The van der Waals surface area contributed by atoms with Crippen molar-refractivity contribution < 1.29 is 9.84 Å². The molecule has 0 spiro atoms. The van der Waals surface area contributed by atoms with Crippen LogP contribution < -0.4 is 10.1 Å². The van der Waals surface area contributed by atoms with Crippen molar-refractivity contribution in [3.8, 4) is 5.75 Å². The van der Waals surface area contributed by atoms with E-state index in [1.807, 2.05) is 18.2 Å². The van der Waals surface area contributed by atoms with E-state index < -0.39 is 0 Å². The molecule has 0 aromatic heterocycles. The fourth-order valence-corrected chi connectivity index (χ4v) is 1.96. The van der Waals surface area contributed by atoms with Crippen LogP contribution in [0.1, 0.15) is 31.2 Å². The lowest BCUT2D eigenvalue weighted by Crippen LogP contribution is -2.16. The Balaban J connectivity index is 1.88. The molecule has 1 saturated carbocycles. The highest BCUT2D eigenvalue weighted by Gasteiger charge is 2.20. The molecule has 2 rings (SSSR count). The monoisotopic (exact) mass is 269 g/mol. The molecule has 1 aliphatic rings. The van der Waals surface area contributed by atoms with Gasteiger partial charge in [0, 0.05) is 29.8 Å². The van der Waals surface area contributed by atoms with Crippen molar-refractivity contribution in [2.75, 3.05) is 13.2 Å². The van der Waals surface area contributed by atoms with E-state index >= 15 is 0 Å². The summed E-state index contributed by atoms with van der Waals surface area (Å²) in [5, 5.41) is 12.9. The third-order valence-electron chi connectivity index (χ3n) is 2.99. The van der Waals surface area contributed by atoms with Gasteiger partial charge in [0.25, 0.3) is 0 Å². The summed E-state index contributed by atoms with van der Waals surface area (Å²) >= 11 is 6.02. The van der Waals surface area contributed by atoms with Crippen molar-refractivity contribution >= 4 is 11.6 Å². The molecule has 0 bridgehead atoms. The van der Waals surface area contributed by atoms with Crippen LogP contribution in [0.15, 0.2) is 18.2 Å². The summed E-state index contributed by atoms with van der Waals surface area (Å²) < 4.78 is 5.74. The molecule has 2 N–H and O–H groups in total. The average Bonchev–Trinajstić information content (AvgIpc) is 3.18. The summed E-state index contributed by atoms with van der Waals surface area (Å²) in [7, 11) is 0. The molecule has 4 heteroatoms. The Morgan fingerprint density at radius 1 is 1.33 bits per heavy atom. The molecule has 1 aliphatic carbocycles. The van der Waals surface area contributed by atoms with Crippen molar-refractivity contribution in [1.82, 2.24) is 5.32 Å². The van der Waals surface area contributed by atoms with Gasteiger partial charge in [0.15, 0.2) is 0 Å². The van der Waals surface area contributed by atoms with Crippen molar-refractivity contribution in [3.63, 3.8) is 0 Å². The Labute approximate surface area is 113 Å². The molecule has 1 fully saturated rings. The maximum atomic E-state index is 8.72. The third-order valence-corrected chi connectivity index (χ3v) is 3.23. The SMILES string of the molecule is OCCCCOc1ccc(Cl)cc1CNC1CC1. The Morgan fingerprint density at radius 2 is 2.17 bits per heavy atom. The van der Waals surface area contributed by atoms with Gasteiger partial charge in [0.05, 0.1) is 6.61 Å². The van der Waals surface area contributed by atoms with E-state index in [4.69, 9.17) is 21.4 Å². The first-order valence-electron chi connectivity index (χ1n) is 6.55. The van der Waals surface area contributed by atoms with Crippen LogP contribution in [0.3, 0.4) is 0 Å². The highest BCUT2D eigenvalue weighted by atomic mass is 35.5. The van der Waals surface area contributed by atoms with Gasteiger partial charge in [-0.15, -0.1) is 0 Å². The molecule has 0 unspecified atom stereocenters. The number of unbranched alkanes of at least 4 members (excludes halogenated alkanes) is 1. The van der Waals surface area contributed by atoms with Gasteiger partial charge in [0.2, 0.25) is 0 Å². The minimum Gasteiger partial charge on any atom is -0.493 e. The number of aliphatic hydroxyl groups excluding tert-OH is 1. The predicted molar refractivity (Wildman–Crippen MR) is 73.1 cm³/mol. The number of hydrogen-bond donors (Lipinski definition) is 2. The zero-order valence-corrected chi connectivity index (χ0v) is 11.2. The Bertz CT molecular complexity index is 380. The van der Waals surface area contributed by atoms with Gasteiger partial charge in [0.1, 0.15) is 5.75 Å². The topological polar surface area (TPSA) is 41.5 Å². The van der Waals surface area contributed by atoms with E-state index in [9.17, 15) is 0 Å². The number of rotatable bonds is 8. The molecule has 0 atom stereocenters. The van der Waals surface area contributed by atoms with E-state index in [2.05, 4.69) is 5.32 Å². The average molecular weight is 270 g/mol. The van der Waals surface area contributed by atoms with Gasteiger partial charge in [-0.25, -0.2) is 0 Å². The van der Waals surface area contributed by atoms with Crippen LogP contribution in [-0.4, -0.2) is 24.4 Å². The number of hydrogen-bond acceptors (Lipinski definition) is 3. The molecular formula is C14H20ClNO2. The Kier molecular flexibility index (Phi) is 5.29. The summed E-state index contributed by atoms with van der Waals surface area (Å²) in [6.07, 6.45) is 4.19. The van der Waals surface area contributed by atoms with E-state index in [0.29, 0.717) is 12.6 Å². The molecule has 0 amide bonds. The maximum Gasteiger partial charge on any atom is 0.123 e. The molecule has 18 heavy (non-hydrogen) atoms. The summed E-state index contributed by atoms with van der Waals surface area (Å²) in [4.78, 5) is 0. The smallest absolute Gasteiger partial charge is 0.123 e. The number of benzene rings is 1. The molecule has 0 aliphatic heterocycles. The van der Waals surface area contributed by atoms with Crippen LogP contribution >= 0.6 is 11.6 Å². The van der Waals surface area contributed by atoms with Gasteiger partial charge < -0.3 is 15.2 Å². The van der Waals surface area contributed by atoms with E-state index in [-0.39, 0.29) is 6.61 Å². The lowest BCUT2D eigenvalue weighted by atomic mass is 10.2. The van der Waals surface area contributed by atoms with Crippen LogP contribution in [0.4, 0.5) is 0 Å².